The van der Waals surface area contributed by atoms with E-state index in [9.17, 15) is 31.2 Å². The largest absolute Gasteiger partial charge is 0.459 e. The highest BCUT2D eigenvalue weighted by Crippen LogP contribution is 2.38. The molecule has 1 saturated heterocycles. The lowest BCUT2D eigenvalue weighted by Crippen LogP contribution is -2.50. The van der Waals surface area contributed by atoms with Crippen molar-refractivity contribution in [1.82, 2.24) is 9.21 Å². The first-order chi connectivity index (χ1) is 14.1. The van der Waals surface area contributed by atoms with Gasteiger partial charge in [-0.25, -0.2) is 13.2 Å². The Hall–Kier alpha value is -2.14. The van der Waals surface area contributed by atoms with Crippen LogP contribution in [0.4, 0.5) is 13.2 Å². The number of likely N-dealkylation sites (tertiary alicyclic amines) is 1. The summed E-state index contributed by atoms with van der Waals surface area (Å²) in [4.78, 5) is 24.6. The molecule has 0 aromatic heterocycles. The minimum atomic E-state index is -4.64. The molecule has 2 fully saturated rings. The summed E-state index contributed by atoms with van der Waals surface area (Å²) in [6, 6.07) is 3.02. The molecule has 1 heterocycles. The number of carbonyl (C=O) groups is 2. The summed E-state index contributed by atoms with van der Waals surface area (Å²) in [6.45, 7) is 2.00. The minimum absolute atomic E-state index is 0.0751. The number of carbonyl (C=O) groups excluding carboxylic acids is 2. The summed E-state index contributed by atoms with van der Waals surface area (Å²) < 4.78 is 71.5. The van der Waals surface area contributed by atoms with Crippen molar-refractivity contribution in [3.8, 4) is 0 Å². The van der Waals surface area contributed by atoms with Crippen LogP contribution in [0.15, 0.2) is 29.2 Å². The molecule has 1 aliphatic heterocycles. The summed E-state index contributed by atoms with van der Waals surface area (Å²) in [5.74, 6) is -1.72. The van der Waals surface area contributed by atoms with Gasteiger partial charge in [-0.3, -0.25) is 4.79 Å². The molecule has 3 rings (SSSR count). The number of esters is 1. The zero-order valence-corrected chi connectivity index (χ0v) is 17.2. The third kappa shape index (κ3) is 4.77. The number of nitrogens with zero attached hydrogens (tertiary/aromatic N) is 2. The highest BCUT2D eigenvalue weighted by molar-refractivity contribution is 7.89. The quantitative estimate of drug-likeness (QED) is 0.510. The van der Waals surface area contributed by atoms with Crippen LogP contribution in [0.5, 0.6) is 0 Å². The third-order valence-corrected chi connectivity index (χ3v) is 7.21. The molecule has 0 unspecified atom stereocenters. The van der Waals surface area contributed by atoms with Crippen LogP contribution in [0.3, 0.4) is 0 Å². The van der Waals surface area contributed by atoms with E-state index in [-0.39, 0.29) is 25.7 Å². The van der Waals surface area contributed by atoms with Gasteiger partial charge in [0.1, 0.15) is 0 Å². The molecule has 7 nitrogen and oxygen atoms in total. The minimum Gasteiger partial charge on any atom is -0.459 e. The van der Waals surface area contributed by atoms with E-state index in [2.05, 4.69) is 0 Å². The Kier molecular flexibility index (Phi) is 6.42. The van der Waals surface area contributed by atoms with Crippen LogP contribution in [0.1, 0.15) is 38.2 Å². The van der Waals surface area contributed by atoms with E-state index in [1.54, 1.807) is 6.92 Å². The molecule has 0 bridgehead atoms. The molecule has 30 heavy (non-hydrogen) atoms. The van der Waals surface area contributed by atoms with Gasteiger partial charge in [-0.1, -0.05) is 6.07 Å². The lowest BCUT2D eigenvalue weighted by molar-refractivity contribution is -0.160. The van der Waals surface area contributed by atoms with Gasteiger partial charge >= 0.3 is 18.1 Å². The molecule has 166 valence electrons. The number of halogens is 3. The van der Waals surface area contributed by atoms with E-state index < -0.39 is 44.6 Å². The average Bonchev–Trinajstić information content (AvgIpc) is 3.52. The molecule has 0 N–H and O–H groups in total. The molecule has 0 radical (unpaired) electrons. The van der Waals surface area contributed by atoms with Crippen molar-refractivity contribution < 1.29 is 35.9 Å². The molecule has 0 spiro atoms. The fraction of sp³-hybridized carbons (Fsp3) is 0.579. The van der Waals surface area contributed by atoms with Crippen LogP contribution in [-0.2, 0) is 30.5 Å². The zero-order chi connectivity index (χ0) is 22.1. The maximum absolute atomic E-state index is 13.2. The molecule has 2 aliphatic rings. The Morgan fingerprint density at radius 3 is 2.27 bits per heavy atom. The van der Waals surface area contributed by atoms with Crippen molar-refractivity contribution in [3.63, 3.8) is 0 Å². The van der Waals surface area contributed by atoms with Crippen LogP contribution >= 0.6 is 0 Å². The number of piperidine rings is 1. The number of amides is 1. The fourth-order valence-electron chi connectivity index (χ4n) is 3.62. The number of hydrogen-bond donors (Lipinski definition) is 0. The van der Waals surface area contributed by atoms with Gasteiger partial charge in [0.05, 0.1) is 17.1 Å². The van der Waals surface area contributed by atoms with Crippen molar-refractivity contribution in [2.75, 3.05) is 19.7 Å². The first-order valence-electron chi connectivity index (χ1n) is 9.72. The SMILES string of the molecule is CCOC(=O)C(=O)N1CCC(N(C2CC2)S(=O)(=O)c2cccc(C(F)(F)F)c2)CC1. The Morgan fingerprint density at radius 1 is 1.13 bits per heavy atom. The fourth-order valence-corrected chi connectivity index (χ4v) is 5.60. The number of hydrogen-bond acceptors (Lipinski definition) is 5. The second kappa shape index (κ2) is 8.54. The van der Waals surface area contributed by atoms with E-state index >= 15 is 0 Å². The van der Waals surface area contributed by atoms with Gasteiger partial charge in [0.2, 0.25) is 10.0 Å². The van der Waals surface area contributed by atoms with Crippen molar-refractivity contribution >= 4 is 21.9 Å². The van der Waals surface area contributed by atoms with E-state index in [0.717, 1.165) is 12.1 Å². The molecule has 1 aromatic carbocycles. The van der Waals surface area contributed by atoms with Gasteiger partial charge in [0.25, 0.3) is 0 Å². The Bertz CT molecular complexity index is 907. The second-order valence-corrected chi connectivity index (χ2v) is 9.18. The van der Waals surface area contributed by atoms with Crippen LogP contribution in [0.25, 0.3) is 0 Å². The second-order valence-electron chi connectivity index (χ2n) is 7.34. The molecule has 1 aliphatic carbocycles. The summed E-state index contributed by atoms with van der Waals surface area (Å²) in [5.41, 5.74) is -1.02. The van der Waals surface area contributed by atoms with Gasteiger partial charge in [0, 0.05) is 25.2 Å². The number of alkyl halides is 3. The topological polar surface area (TPSA) is 84.0 Å². The zero-order valence-electron chi connectivity index (χ0n) is 16.4. The standard InChI is InChI=1S/C19H23F3N2O5S/c1-2-29-18(26)17(25)23-10-8-15(9-11-23)24(14-6-7-14)30(27,28)16-5-3-4-13(12-16)19(20,21)22/h3-5,12,14-15H,2,6-11H2,1H3. The van der Waals surface area contributed by atoms with Crippen LogP contribution in [0.2, 0.25) is 0 Å². The molecule has 1 saturated carbocycles. The number of ether oxygens (including phenoxy) is 1. The van der Waals surface area contributed by atoms with Crippen molar-refractivity contribution in [2.24, 2.45) is 0 Å². The molecule has 1 aromatic rings. The summed E-state index contributed by atoms with van der Waals surface area (Å²) in [5, 5.41) is 0. The first kappa shape index (κ1) is 22.5. The van der Waals surface area contributed by atoms with E-state index in [1.807, 2.05) is 0 Å². The highest BCUT2D eigenvalue weighted by Gasteiger charge is 2.44. The van der Waals surface area contributed by atoms with Crippen LogP contribution in [0, 0.1) is 0 Å². The number of sulfonamides is 1. The maximum Gasteiger partial charge on any atom is 0.416 e. The Morgan fingerprint density at radius 2 is 1.73 bits per heavy atom. The Labute approximate surface area is 172 Å². The van der Waals surface area contributed by atoms with E-state index in [1.165, 1.54) is 15.3 Å². The number of rotatable bonds is 5. The predicted octanol–water partition coefficient (Wildman–Crippen LogP) is 2.41. The number of benzene rings is 1. The molecular weight excluding hydrogens is 425 g/mol. The van der Waals surface area contributed by atoms with Gasteiger partial charge in [0.15, 0.2) is 0 Å². The Balaban J connectivity index is 1.77. The first-order valence-corrected chi connectivity index (χ1v) is 11.2. The van der Waals surface area contributed by atoms with Gasteiger partial charge in [-0.2, -0.15) is 17.5 Å². The van der Waals surface area contributed by atoms with Crippen molar-refractivity contribution in [3.05, 3.63) is 29.8 Å². The normalized spacial score (nSPS) is 18.5. The van der Waals surface area contributed by atoms with Gasteiger partial charge in [-0.05, 0) is 50.8 Å². The van der Waals surface area contributed by atoms with Gasteiger partial charge < -0.3 is 9.64 Å². The average molecular weight is 448 g/mol. The summed E-state index contributed by atoms with van der Waals surface area (Å²) in [6.07, 6.45) is -2.78. The smallest absolute Gasteiger partial charge is 0.416 e. The molecular formula is C19H23F3N2O5S. The molecule has 0 atom stereocenters. The van der Waals surface area contributed by atoms with E-state index in [4.69, 9.17) is 4.74 Å². The van der Waals surface area contributed by atoms with E-state index in [0.29, 0.717) is 31.7 Å². The van der Waals surface area contributed by atoms with Crippen LogP contribution < -0.4 is 0 Å². The van der Waals surface area contributed by atoms with Crippen molar-refractivity contribution in [1.29, 1.82) is 0 Å². The summed E-state index contributed by atoms with van der Waals surface area (Å²) >= 11 is 0. The van der Waals surface area contributed by atoms with Gasteiger partial charge in [-0.15, -0.1) is 0 Å². The lowest BCUT2D eigenvalue weighted by atomic mass is 10.0. The van der Waals surface area contributed by atoms with Crippen molar-refractivity contribution in [2.45, 2.75) is 55.8 Å². The monoisotopic (exact) mass is 448 g/mol. The summed E-state index contributed by atoms with van der Waals surface area (Å²) in [7, 11) is -4.14. The van der Waals surface area contributed by atoms with Crippen LogP contribution in [-0.4, -0.2) is 61.3 Å². The maximum atomic E-state index is 13.2. The predicted molar refractivity (Wildman–Crippen MR) is 99.7 cm³/mol. The highest BCUT2D eigenvalue weighted by atomic mass is 32.2. The lowest BCUT2D eigenvalue weighted by Gasteiger charge is -2.37. The molecule has 1 amide bonds. The molecule has 11 heteroatoms. The third-order valence-electron chi connectivity index (χ3n) is 5.21.